The van der Waals surface area contributed by atoms with Crippen molar-refractivity contribution >= 4 is 17.7 Å². The minimum Gasteiger partial charge on any atom is -0.462 e. The molecule has 1 N–H and O–H groups in total. The van der Waals surface area contributed by atoms with E-state index in [1.54, 1.807) is 6.08 Å². The van der Waals surface area contributed by atoms with Crippen molar-refractivity contribution in [3.05, 3.63) is 48.6 Å². The lowest BCUT2D eigenvalue weighted by molar-refractivity contribution is -0.161. The number of allylic oxidation sites excluding steroid dienone is 8. The Kier molecular flexibility index (Phi) is 30.1. The van der Waals surface area contributed by atoms with Gasteiger partial charge in [-0.3, -0.25) is 14.4 Å². The molecule has 0 aromatic heterocycles. The van der Waals surface area contributed by atoms with Crippen LogP contribution in [0.25, 0.3) is 0 Å². The molecule has 0 aromatic carbocycles. The van der Waals surface area contributed by atoms with Gasteiger partial charge in [-0.2, -0.15) is 0 Å². The Labute approximate surface area is 269 Å². The zero-order chi connectivity index (χ0) is 32.5. The number of carbonyl (C=O) groups excluding carboxylic acids is 3. The van der Waals surface area contributed by atoms with E-state index in [1.807, 2.05) is 12.2 Å². The number of rotatable bonds is 30. The fraction of sp³-hybridized carbons (Fsp3) is 0.711. The van der Waals surface area contributed by atoms with E-state index in [-0.39, 0.29) is 31.2 Å². The van der Waals surface area contributed by atoms with Gasteiger partial charge in [0.1, 0.15) is 6.61 Å². The zero-order valence-electron chi connectivity index (χ0n) is 28.3. The molecule has 0 heterocycles. The van der Waals surface area contributed by atoms with Gasteiger partial charge >= 0.3 is 11.9 Å². The van der Waals surface area contributed by atoms with Crippen LogP contribution in [0.4, 0.5) is 0 Å². The highest BCUT2D eigenvalue weighted by molar-refractivity contribution is 5.90. The van der Waals surface area contributed by atoms with E-state index in [4.69, 9.17) is 9.47 Å². The summed E-state index contributed by atoms with van der Waals surface area (Å²) in [4.78, 5) is 36.1. The van der Waals surface area contributed by atoms with Gasteiger partial charge in [0.05, 0.1) is 6.61 Å². The highest BCUT2D eigenvalue weighted by Crippen LogP contribution is 2.14. The van der Waals surface area contributed by atoms with E-state index in [0.717, 1.165) is 44.4 Å². The maximum atomic E-state index is 12.1. The summed E-state index contributed by atoms with van der Waals surface area (Å²) in [5, 5.41) is 9.50. The molecule has 0 aliphatic rings. The quantitative estimate of drug-likeness (QED) is 0.0284. The molecule has 0 spiro atoms. The Bertz CT molecular complexity index is 823. The lowest BCUT2D eigenvalue weighted by atomic mass is 10.0. The molecule has 0 radical (unpaired) electrons. The predicted molar refractivity (Wildman–Crippen MR) is 182 cm³/mol. The van der Waals surface area contributed by atoms with E-state index in [0.29, 0.717) is 12.8 Å². The fourth-order valence-corrected chi connectivity index (χ4v) is 4.57. The van der Waals surface area contributed by atoms with E-state index in [2.05, 4.69) is 45.1 Å². The molecule has 6 heteroatoms. The second-order valence-corrected chi connectivity index (χ2v) is 12.1. The van der Waals surface area contributed by atoms with Gasteiger partial charge < -0.3 is 14.6 Å². The summed E-state index contributed by atoms with van der Waals surface area (Å²) in [5.74, 6) is -0.100. The average Bonchev–Trinajstić information content (AvgIpc) is 3.00. The van der Waals surface area contributed by atoms with Gasteiger partial charge in [-0.1, -0.05) is 134 Å². The zero-order valence-corrected chi connectivity index (χ0v) is 28.3. The third-order valence-corrected chi connectivity index (χ3v) is 7.28. The van der Waals surface area contributed by atoms with Crippen LogP contribution >= 0.6 is 0 Å². The van der Waals surface area contributed by atoms with E-state index < -0.39 is 18.7 Å². The number of carbonyl (C=O) groups is 3. The third kappa shape index (κ3) is 31.0. The molecule has 44 heavy (non-hydrogen) atoms. The molecule has 1 atom stereocenters. The molecule has 0 aliphatic carbocycles. The standard InChI is InChI=1S/C38H64O6/c1-4-5-6-7-8-9-10-11-12-15-18-21-24-28-35(40)29-26-31-37(41)43-33-36(32-39)44-38(42)30-25-22-19-16-13-14-17-20-23-27-34(2)3/h8-9,11-12,18,21,24,28,34,36,39H,4-7,10,13-17,19-20,22-23,25-27,29-33H2,1-3H3/b9-8-,12-11-,21-18-,28-24+/t36-/m0/s1. The second-order valence-electron chi connectivity index (χ2n) is 12.1. The normalized spacial score (nSPS) is 12.8. The van der Waals surface area contributed by atoms with Crippen molar-refractivity contribution in [1.82, 2.24) is 0 Å². The first-order chi connectivity index (χ1) is 21.4. The first kappa shape index (κ1) is 41.5. The van der Waals surface area contributed by atoms with Crippen LogP contribution in [0.1, 0.15) is 149 Å². The first-order valence-corrected chi connectivity index (χ1v) is 17.5. The number of ketones is 1. The minimum atomic E-state index is -0.861. The van der Waals surface area contributed by atoms with Crippen LogP contribution in [0.3, 0.4) is 0 Å². The molecule has 0 bridgehead atoms. The molecule has 252 valence electrons. The van der Waals surface area contributed by atoms with Gasteiger partial charge in [-0.25, -0.2) is 0 Å². The number of ether oxygens (including phenoxy) is 2. The molecule has 0 rings (SSSR count). The predicted octanol–water partition coefficient (Wildman–Crippen LogP) is 9.71. The molecule has 0 saturated heterocycles. The number of hydrogen-bond donors (Lipinski definition) is 1. The smallest absolute Gasteiger partial charge is 0.306 e. The third-order valence-electron chi connectivity index (χ3n) is 7.28. The number of aliphatic hydroxyl groups is 1. The van der Waals surface area contributed by atoms with Crippen molar-refractivity contribution < 1.29 is 29.0 Å². The molecule has 0 amide bonds. The summed E-state index contributed by atoms with van der Waals surface area (Å²) >= 11 is 0. The van der Waals surface area contributed by atoms with Crippen LogP contribution < -0.4 is 0 Å². The Balaban J connectivity index is 3.83. The molecule has 0 saturated carbocycles. The van der Waals surface area contributed by atoms with Crippen molar-refractivity contribution in [3.8, 4) is 0 Å². The summed E-state index contributed by atoms with van der Waals surface area (Å²) in [5.41, 5.74) is 0. The monoisotopic (exact) mass is 616 g/mol. The van der Waals surface area contributed by atoms with Gasteiger partial charge in [0.15, 0.2) is 11.9 Å². The van der Waals surface area contributed by atoms with Crippen molar-refractivity contribution in [3.63, 3.8) is 0 Å². The Morgan fingerprint density at radius 2 is 1.27 bits per heavy atom. The fourth-order valence-electron chi connectivity index (χ4n) is 4.57. The summed E-state index contributed by atoms with van der Waals surface area (Å²) in [6, 6.07) is 0. The molecule has 0 aromatic rings. The van der Waals surface area contributed by atoms with Crippen LogP contribution in [0, 0.1) is 5.92 Å². The van der Waals surface area contributed by atoms with Crippen LogP contribution in [-0.2, 0) is 23.9 Å². The van der Waals surface area contributed by atoms with E-state index in [1.165, 1.54) is 70.3 Å². The topological polar surface area (TPSA) is 89.9 Å². The Morgan fingerprint density at radius 3 is 1.93 bits per heavy atom. The van der Waals surface area contributed by atoms with Gasteiger partial charge in [-0.15, -0.1) is 0 Å². The molecular weight excluding hydrogens is 552 g/mol. The van der Waals surface area contributed by atoms with Crippen LogP contribution in [0.15, 0.2) is 48.6 Å². The number of unbranched alkanes of at least 4 members (excludes halogenated alkanes) is 11. The van der Waals surface area contributed by atoms with Crippen LogP contribution in [0.2, 0.25) is 0 Å². The molecular formula is C38H64O6. The van der Waals surface area contributed by atoms with Crippen LogP contribution in [-0.4, -0.2) is 42.1 Å². The largest absolute Gasteiger partial charge is 0.462 e. The highest BCUT2D eigenvalue weighted by atomic mass is 16.6. The van der Waals surface area contributed by atoms with Crippen molar-refractivity contribution in [1.29, 1.82) is 0 Å². The van der Waals surface area contributed by atoms with Crippen molar-refractivity contribution in [2.24, 2.45) is 5.92 Å². The van der Waals surface area contributed by atoms with Gasteiger partial charge in [-0.05, 0) is 50.5 Å². The Hall–Kier alpha value is -2.47. The number of hydrogen-bond acceptors (Lipinski definition) is 6. The van der Waals surface area contributed by atoms with Crippen molar-refractivity contribution in [2.45, 2.75) is 155 Å². The van der Waals surface area contributed by atoms with Crippen LogP contribution in [0.5, 0.6) is 0 Å². The Morgan fingerprint density at radius 1 is 0.659 bits per heavy atom. The lowest BCUT2D eigenvalue weighted by Gasteiger charge is -2.15. The SMILES string of the molecule is CCCCC/C=C\C/C=C\C/C=C\C=C\C(=O)CCCC(=O)OC[C@H](CO)OC(=O)CCCCCCCCCCCC(C)C. The highest BCUT2D eigenvalue weighted by Gasteiger charge is 2.16. The number of aliphatic hydroxyl groups excluding tert-OH is 1. The average molecular weight is 617 g/mol. The van der Waals surface area contributed by atoms with Gasteiger partial charge in [0.2, 0.25) is 0 Å². The van der Waals surface area contributed by atoms with E-state index in [9.17, 15) is 19.5 Å². The number of esters is 2. The minimum absolute atomic E-state index is 0.0505. The lowest BCUT2D eigenvalue weighted by Crippen LogP contribution is -2.28. The summed E-state index contributed by atoms with van der Waals surface area (Å²) < 4.78 is 10.4. The summed E-state index contributed by atoms with van der Waals surface area (Å²) in [6.07, 6.45) is 34.6. The summed E-state index contributed by atoms with van der Waals surface area (Å²) in [6.45, 7) is 6.18. The molecule has 0 fully saturated rings. The maximum Gasteiger partial charge on any atom is 0.306 e. The van der Waals surface area contributed by atoms with Gasteiger partial charge in [0.25, 0.3) is 0 Å². The molecule has 6 nitrogen and oxygen atoms in total. The van der Waals surface area contributed by atoms with Gasteiger partial charge in [0, 0.05) is 19.3 Å². The maximum absolute atomic E-state index is 12.1. The summed E-state index contributed by atoms with van der Waals surface area (Å²) in [7, 11) is 0. The molecule has 0 unspecified atom stereocenters. The van der Waals surface area contributed by atoms with Crippen molar-refractivity contribution in [2.75, 3.05) is 13.2 Å². The second kappa shape index (κ2) is 31.9. The first-order valence-electron chi connectivity index (χ1n) is 17.5. The molecule has 0 aliphatic heterocycles. The van der Waals surface area contributed by atoms with E-state index >= 15 is 0 Å².